The maximum atomic E-state index is 5.93. The van der Waals surface area contributed by atoms with Gasteiger partial charge in [0.05, 0.1) is 13.2 Å². The number of aryl methyl sites for hydroxylation is 1. The van der Waals surface area contributed by atoms with E-state index < -0.39 is 0 Å². The summed E-state index contributed by atoms with van der Waals surface area (Å²) in [7, 11) is 1.98. The average Bonchev–Trinajstić information content (AvgIpc) is 2.80. The average molecular weight is 293 g/mol. The summed E-state index contributed by atoms with van der Waals surface area (Å²) in [5, 5.41) is 9.10. The Bertz CT molecular complexity index is 596. The summed E-state index contributed by atoms with van der Waals surface area (Å²) in [5.41, 5.74) is 1.14. The van der Waals surface area contributed by atoms with Crippen molar-refractivity contribution in [1.82, 2.24) is 14.8 Å². The molecular formula is C14H17ClN4O. The predicted molar refractivity (Wildman–Crippen MR) is 78.1 cm³/mol. The Balaban J connectivity index is 1.80. The molecule has 1 fully saturated rings. The van der Waals surface area contributed by atoms with Gasteiger partial charge in [0.15, 0.2) is 0 Å². The minimum absolute atomic E-state index is 0.0398. The third-order valence-corrected chi connectivity index (χ3v) is 3.91. The summed E-state index contributed by atoms with van der Waals surface area (Å²) in [6.07, 6.45) is 0.0398. The first-order valence-electron chi connectivity index (χ1n) is 6.63. The van der Waals surface area contributed by atoms with E-state index in [1.165, 1.54) is 0 Å². The molecule has 106 valence electrons. The highest BCUT2D eigenvalue weighted by Crippen LogP contribution is 2.26. The van der Waals surface area contributed by atoms with Crippen molar-refractivity contribution in [1.29, 1.82) is 0 Å². The molecule has 0 aliphatic carbocycles. The van der Waals surface area contributed by atoms with Gasteiger partial charge in [0.2, 0.25) is 5.95 Å². The van der Waals surface area contributed by atoms with E-state index in [4.69, 9.17) is 16.3 Å². The number of hydrogen-bond acceptors (Lipinski definition) is 4. The van der Waals surface area contributed by atoms with Gasteiger partial charge in [-0.15, -0.1) is 10.2 Å². The lowest BCUT2D eigenvalue weighted by Crippen LogP contribution is -2.39. The van der Waals surface area contributed by atoms with E-state index in [-0.39, 0.29) is 6.10 Å². The van der Waals surface area contributed by atoms with Gasteiger partial charge in [-0.1, -0.05) is 23.7 Å². The fraction of sp³-hybridized carbons (Fsp3) is 0.429. The molecule has 0 bridgehead atoms. The zero-order valence-electron chi connectivity index (χ0n) is 11.6. The number of anilines is 1. The summed E-state index contributed by atoms with van der Waals surface area (Å²) < 4.78 is 7.86. The predicted octanol–water partition coefficient (Wildman–Crippen LogP) is 2.35. The van der Waals surface area contributed by atoms with E-state index in [1.807, 2.05) is 42.8 Å². The second-order valence-electron chi connectivity index (χ2n) is 4.96. The van der Waals surface area contributed by atoms with Crippen molar-refractivity contribution in [2.75, 3.05) is 24.6 Å². The number of nitrogens with zero attached hydrogens (tertiary/aromatic N) is 4. The summed E-state index contributed by atoms with van der Waals surface area (Å²) in [6.45, 7) is 4.23. The topological polar surface area (TPSA) is 43.2 Å². The molecule has 1 aliphatic heterocycles. The van der Waals surface area contributed by atoms with Crippen LogP contribution in [0.2, 0.25) is 5.02 Å². The third-order valence-electron chi connectivity index (χ3n) is 3.66. The second kappa shape index (κ2) is 5.42. The van der Waals surface area contributed by atoms with Crippen LogP contribution < -0.4 is 4.90 Å². The Morgan fingerprint density at radius 3 is 2.65 bits per heavy atom. The summed E-state index contributed by atoms with van der Waals surface area (Å²) in [5.74, 6) is 1.80. The molecule has 2 aromatic rings. The number of rotatable bonds is 2. The van der Waals surface area contributed by atoms with Gasteiger partial charge in [-0.05, 0) is 24.6 Å². The van der Waals surface area contributed by atoms with Crippen LogP contribution >= 0.6 is 11.6 Å². The smallest absolute Gasteiger partial charge is 0.227 e. The van der Waals surface area contributed by atoms with E-state index in [0.29, 0.717) is 6.61 Å². The van der Waals surface area contributed by atoms with Crippen molar-refractivity contribution < 1.29 is 4.74 Å². The van der Waals surface area contributed by atoms with Crippen LogP contribution in [0.15, 0.2) is 24.3 Å². The highest BCUT2D eigenvalue weighted by atomic mass is 35.5. The molecule has 0 saturated carbocycles. The molecule has 1 atom stereocenters. The molecule has 0 radical (unpaired) electrons. The van der Waals surface area contributed by atoms with E-state index in [2.05, 4.69) is 15.1 Å². The van der Waals surface area contributed by atoms with Crippen molar-refractivity contribution >= 4 is 17.5 Å². The quantitative estimate of drug-likeness (QED) is 0.852. The molecule has 0 spiro atoms. The van der Waals surface area contributed by atoms with E-state index >= 15 is 0 Å². The van der Waals surface area contributed by atoms with Crippen LogP contribution in [0.1, 0.15) is 17.5 Å². The van der Waals surface area contributed by atoms with Crippen LogP contribution in [-0.4, -0.2) is 34.5 Å². The van der Waals surface area contributed by atoms with Crippen LogP contribution in [0, 0.1) is 6.92 Å². The molecule has 5 nitrogen and oxygen atoms in total. The Morgan fingerprint density at radius 1 is 1.25 bits per heavy atom. The van der Waals surface area contributed by atoms with Gasteiger partial charge in [0, 0.05) is 18.6 Å². The Labute approximate surface area is 123 Å². The van der Waals surface area contributed by atoms with Crippen molar-refractivity contribution in [3.8, 4) is 0 Å². The van der Waals surface area contributed by atoms with Gasteiger partial charge in [0.25, 0.3) is 0 Å². The third kappa shape index (κ3) is 2.51. The van der Waals surface area contributed by atoms with Crippen molar-refractivity contribution in [3.05, 3.63) is 40.7 Å². The molecule has 0 amide bonds. The number of morpholine rings is 1. The lowest BCUT2D eigenvalue weighted by Gasteiger charge is -2.33. The minimum atomic E-state index is 0.0398. The zero-order chi connectivity index (χ0) is 14.1. The van der Waals surface area contributed by atoms with Crippen molar-refractivity contribution in [2.45, 2.75) is 13.0 Å². The lowest BCUT2D eigenvalue weighted by atomic mass is 10.1. The van der Waals surface area contributed by atoms with Crippen LogP contribution in [0.25, 0.3) is 0 Å². The Kier molecular flexibility index (Phi) is 3.63. The summed E-state index contributed by atoms with van der Waals surface area (Å²) >= 11 is 5.93. The molecule has 0 N–H and O–H groups in total. The first-order chi connectivity index (χ1) is 9.65. The number of hydrogen-bond donors (Lipinski definition) is 0. The van der Waals surface area contributed by atoms with Gasteiger partial charge in [-0.3, -0.25) is 0 Å². The Hall–Kier alpha value is -1.59. The number of halogens is 1. The zero-order valence-corrected chi connectivity index (χ0v) is 12.3. The van der Waals surface area contributed by atoms with Crippen molar-refractivity contribution in [2.24, 2.45) is 7.05 Å². The molecule has 1 unspecified atom stereocenters. The molecule has 2 heterocycles. The second-order valence-corrected chi connectivity index (χ2v) is 5.40. The van der Waals surface area contributed by atoms with Crippen LogP contribution in [0.4, 0.5) is 5.95 Å². The van der Waals surface area contributed by atoms with Crippen LogP contribution in [0.5, 0.6) is 0 Å². The molecule has 1 aliphatic rings. The maximum Gasteiger partial charge on any atom is 0.227 e. The molecule has 6 heteroatoms. The standard InChI is InChI=1S/C14H17ClN4O/c1-10-16-17-14(18(10)2)19-7-8-20-13(9-19)11-3-5-12(15)6-4-11/h3-6,13H,7-9H2,1-2H3. The lowest BCUT2D eigenvalue weighted by molar-refractivity contribution is 0.0390. The molecule has 1 saturated heterocycles. The fourth-order valence-electron chi connectivity index (χ4n) is 2.38. The molecule has 1 aromatic carbocycles. The van der Waals surface area contributed by atoms with E-state index in [0.717, 1.165) is 35.4 Å². The first-order valence-corrected chi connectivity index (χ1v) is 7.01. The monoisotopic (exact) mass is 292 g/mol. The summed E-state index contributed by atoms with van der Waals surface area (Å²) in [6, 6.07) is 7.81. The molecule has 20 heavy (non-hydrogen) atoms. The summed E-state index contributed by atoms with van der Waals surface area (Å²) in [4.78, 5) is 2.21. The molecular weight excluding hydrogens is 276 g/mol. The van der Waals surface area contributed by atoms with Gasteiger partial charge in [-0.2, -0.15) is 0 Å². The van der Waals surface area contributed by atoms with E-state index in [1.54, 1.807) is 0 Å². The maximum absolute atomic E-state index is 5.93. The SMILES string of the molecule is Cc1nnc(N2CCOC(c3ccc(Cl)cc3)C2)n1C. The van der Waals surface area contributed by atoms with Gasteiger partial charge in [-0.25, -0.2) is 0 Å². The van der Waals surface area contributed by atoms with Crippen molar-refractivity contribution in [3.63, 3.8) is 0 Å². The Morgan fingerprint density at radius 2 is 2.00 bits per heavy atom. The molecule has 1 aromatic heterocycles. The van der Waals surface area contributed by atoms with E-state index in [9.17, 15) is 0 Å². The highest BCUT2D eigenvalue weighted by Gasteiger charge is 2.25. The van der Waals surface area contributed by atoms with Gasteiger partial charge >= 0.3 is 0 Å². The number of benzene rings is 1. The molecule has 3 rings (SSSR count). The largest absolute Gasteiger partial charge is 0.370 e. The normalized spacial score (nSPS) is 19.4. The number of aromatic nitrogens is 3. The minimum Gasteiger partial charge on any atom is -0.370 e. The number of ether oxygens (including phenoxy) is 1. The van der Waals surface area contributed by atoms with Gasteiger partial charge < -0.3 is 14.2 Å². The highest BCUT2D eigenvalue weighted by molar-refractivity contribution is 6.30. The van der Waals surface area contributed by atoms with Crippen LogP contribution in [-0.2, 0) is 11.8 Å². The fourth-order valence-corrected chi connectivity index (χ4v) is 2.51. The first kappa shape index (κ1) is 13.4. The van der Waals surface area contributed by atoms with Gasteiger partial charge in [0.1, 0.15) is 11.9 Å². The van der Waals surface area contributed by atoms with Crippen LogP contribution in [0.3, 0.4) is 0 Å².